The Morgan fingerprint density at radius 1 is 1.08 bits per heavy atom. The van der Waals surface area contributed by atoms with Crippen LogP contribution < -0.4 is 5.32 Å². The molecule has 4 aromatic rings. The second-order valence-corrected chi connectivity index (χ2v) is 7.09. The highest BCUT2D eigenvalue weighted by Gasteiger charge is 2.29. The zero-order chi connectivity index (χ0) is 18.3. The van der Waals surface area contributed by atoms with Crippen LogP contribution in [0.15, 0.2) is 54.9 Å². The first kappa shape index (κ1) is 16.5. The average molecular weight is 347 g/mol. The van der Waals surface area contributed by atoms with Crippen LogP contribution in [0.2, 0.25) is 0 Å². The predicted octanol–water partition coefficient (Wildman–Crippen LogP) is 3.51. The highest BCUT2D eigenvalue weighted by atomic mass is 16.3. The first-order chi connectivity index (χ1) is 12.4. The summed E-state index contributed by atoms with van der Waals surface area (Å²) in [6.45, 7) is 5.51. The second-order valence-electron chi connectivity index (χ2n) is 7.09. The van der Waals surface area contributed by atoms with Crippen molar-refractivity contribution in [3.63, 3.8) is 0 Å². The summed E-state index contributed by atoms with van der Waals surface area (Å²) in [6.07, 6.45) is 1.47. The Labute approximate surface area is 151 Å². The van der Waals surface area contributed by atoms with Crippen molar-refractivity contribution in [3.8, 4) is 0 Å². The van der Waals surface area contributed by atoms with Gasteiger partial charge < -0.3 is 10.4 Å². The van der Waals surface area contributed by atoms with Gasteiger partial charge in [-0.1, -0.05) is 36.4 Å². The van der Waals surface area contributed by atoms with Gasteiger partial charge in [0.2, 0.25) is 0 Å². The Hall–Kier alpha value is -2.99. The molecule has 2 aromatic heterocycles. The van der Waals surface area contributed by atoms with E-state index < -0.39 is 5.60 Å². The number of aryl methyl sites for hydroxylation is 1. The molecule has 0 bridgehead atoms. The number of aromatic nitrogens is 4. The molecule has 2 N–H and O–H groups in total. The fourth-order valence-corrected chi connectivity index (χ4v) is 3.24. The van der Waals surface area contributed by atoms with Crippen molar-refractivity contribution in [1.82, 2.24) is 19.6 Å². The van der Waals surface area contributed by atoms with Gasteiger partial charge in [-0.3, -0.25) is 0 Å². The van der Waals surface area contributed by atoms with Crippen LogP contribution in [-0.2, 0) is 0 Å². The average Bonchev–Trinajstić information content (AvgIpc) is 3.06. The topological polar surface area (TPSA) is 75.3 Å². The van der Waals surface area contributed by atoms with E-state index in [2.05, 4.69) is 44.6 Å². The fraction of sp³-hybridized carbons (Fsp3) is 0.250. The molecule has 0 radical (unpaired) electrons. The highest BCUT2D eigenvalue weighted by molar-refractivity contribution is 5.83. The van der Waals surface area contributed by atoms with Gasteiger partial charge in [-0.05, 0) is 43.2 Å². The van der Waals surface area contributed by atoms with Crippen LogP contribution in [0.4, 0.5) is 5.82 Å². The van der Waals surface area contributed by atoms with Gasteiger partial charge in [0.25, 0.3) is 5.78 Å². The van der Waals surface area contributed by atoms with E-state index in [0.717, 1.165) is 22.5 Å². The quantitative estimate of drug-likeness (QED) is 0.591. The molecule has 2 heterocycles. The Balaban J connectivity index is 1.81. The molecule has 0 spiro atoms. The van der Waals surface area contributed by atoms with Crippen molar-refractivity contribution >= 4 is 22.4 Å². The largest absolute Gasteiger partial charge is 0.388 e. The number of hydrogen-bond donors (Lipinski definition) is 2. The van der Waals surface area contributed by atoms with Crippen LogP contribution in [0.5, 0.6) is 0 Å². The minimum atomic E-state index is -0.994. The third kappa shape index (κ3) is 2.99. The molecule has 0 saturated heterocycles. The summed E-state index contributed by atoms with van der Waals surface area (Å²) >= 11 is 0. The molecule has 6 nitrogen and oxygen atoms in total. The second kappa shape index (κ2) is 6.07. The van der Waals surface area contributed by atoms with Gasteiger partial charge in [0, 0.05) is 11.8 Å². The lowest BCUT2D eigenvalue weighted by Crippen LogP contribution is -2.35. The highest BCUT2D eigenvalue weighted by Crippen LogP contribution is 2.31. The molecule has 0 amide bonds. The van der Waals surface area contributed by atoms with Gasteiger partial charge in [-0.15, -0.1) is 0 Å². The number of hydrogen-bond acceptors (Lipinski definition) is 5. The lowest BCUT2D eigenvalue weighted by Gasteiger charge is -2.31. The molecule has 0 aliphatic rings. The third-order valence-electron chi connectivity index (χ3n) is 4.49. The van der Waals surface area contributed by atoms with Crippen LogP contribution in [-0.4, -0.2) is 30.3 Å². The maximum Gasteiger partial charge on any atom is 0.254 e. The van der Waals surface area contributed by atoms with Crippen molar-refractivity contribution in [2.75, 3.05) is 5.32 Å². The van der Waals surface area contributed by atoms with E-state index in [9.17, 15) is 5.11 Å². The Kier molecular flexibility index (Phi) is 3.85. The zero-order valence-corrected chi connectivity index (χ0v) is 15.0. The summed E-state index contributed by atoms with van der Waals surface area (Å²) in [7, 11) is 0. The van der Waals surface area contributed by atoms with Gasteiger partial charge in [0.15, 0.2) is 0 Å². The smallest absolute Gasteiger partial charge is 0.254 e. The molecule has 6 heteroatoms. The van der Waals surface area contributed by atoms with Crippen molar-refractivity contribution in [3.05, 3.63) is 66.1 Å². The molecule has 26 heavy (non-hydrogen) atoms. The first-order valence-electron chi connectivity index (χ1n) is 8.57. The summed E-state index contributed by atoms with van der Waals surface area (Å²) in [5, 5.41) is 20.8. The molecule has 0 unspecified atom stereocenters. The first-order valence-corrected chi connectivity index (χ1v) is 8.57. The maximum atomic E-state index is 10.8. The van der Waals surface area contributed by atoms with Crippen LogP contribution in [0.1, 0.15) is 31.1 Å². The number of rotatable bonds is 4. The van der Waals surface area contributed by atoms with E-state index in [1.54, 1.807) is 18.4 Å². The van der Waals surface area contributed by atoms with E-state index in [1.165, 1.54) is 11.7 Å². The number of aliphatic hydroxyl groups is 1. The molecule has 0 aliphatic carbocycles. The third-order valence-corrected chi connectivity index (χ3v) is 4.49. The van der Waals surface area contributed by atoms with E-state index in [4.69, 9.17) is 0 Å². The van der Waals surface area contributed by atoms with Crippen LogP contribution in [0.25, 0.3) is 16.6 Å². The lowest BCUT2D eigenvalue weighted by molar-refractivity contribution is 0.0587. The van der Waals surface area contributed by atoms with Crippen LogP contribution in [0.3, 0.4) is 0 Å². The molecular formula is C20H21N5O. The molecule has 1 atom stereocenters. The summed E-state index contributed by atoms with van der Waals surface area (Å²) in [4.78, 5) is 8.53. The monoisotopic (exact) mass is 347 g/mol. The number of nitrogens with one attached hydrogen (secondary N) is 1. The molecule has 132 valence electrons. The van der Waals surface area contributed by atoms with E-state index in [0.29, 0.717) is 5.78 Å². The van der Waals surface area contributed by atoms with E-state index in [1.807, 2.05) is 31.2 Å². The normalized spacial score (nSPS) is 13.2. The van der Waals surface area contributed by atoms with Gasteiger partial charge in [-0.25, -0.2) is 4.98 Å². The summed E-state index contributed by atoms with van der Waals surface area (Å²) < 4.78 is 1.65. The molecule has 2 aromatic carbocycles. The van der Waals surface area contributed by atoms with Crippen molar-refractivity contribution in [2.24, 2.45) is 0 Å². The number of nitrogens with zero attached hydrogens (tertiary/aromatic N) is 4. The molecular weight excluding hydrogens is 326 g/mol. The maximum absolute atomic E-state index is 10.8. The summed E-state index contributed by atoms with van der Waals surface area (Å²) in [6, 6.07) is 16.0. The zero-order valence-electron chi connectivity index (χ0n) is 15.0. The van der Waals surface area contributed by atoms with Crippen molar-refractivity contribution < 1.29 is 5.11 Å². The Bertz CT molecular complexity index is 1080. The van der Waals surface area contributed by atoms with E-state index in [-0.39, 0.29) is 6.04 Å². The molecule has 0 fully saturated rings. The van der Waals surface area contributed by atoms with Crippen LogP contribution >= 0.6 is 0 Å². The summed E-state index contributed by atoms with van der Waals surface area (Å²) in [5.74, 6) is 1.27. The number of fused-ring (bicyclic) bond motifs is 2. The Morgan fingerprint density at radius 3 is 2.62 bits per heavy atom. The summed E-state index contributed by atoms with van der Waals surface area (Å²) in [5.41, 5.74) is 0.840. The van der Waals surface area contributed by atoms with Crippen LogP contribution in [0, 0.1) is 6.92 Å². The van der Waals surface area contributed by atoms with Gasteiger partial charge in [0.05, 0.1) is 11.6 Å². The lowest BCUT2D eigenvalue weighted by atomic mass is 9.90. The molecule has 0 aliphatic heterocycles. The van der Waals surface area contributed by atoms with Crippen molar-refractivity contribution in [2.45, 2.75) is 32.4 Å². The van der Waals surface area contributed by atoms with Crippen molar-refractivity contribution in [1.29, 1.82) is 0 Å². The Morgan fingerprint density at radius 2 is 1.85 bits per heavy atom. The molecule has 0 saturated carbocycles. The van der Waals surface area contributed by atoms with Gasteiger partial charge in [0.1, 0.15) is 12.1 Å². The molecule has 4 rings (SSSR count). The van der Waals surface area contributed by atoms with Gasteiger partial charge >= 0.3 is 0 Å². The standard InChI is InChI=1S/C20H21N5O/c1-13-10-17(25-19(23-13)21-12-22-25)24-18(20(2,3)26)16-9-8-14-6-4-5-7-15(14)11-16/h4-12,18,24,26H,1-3H3/t18-/m0/s1. The number of benzene rings is 2. The van der Waals surface area contributed by atoms with Gasteiger partial charge in [-0.2, -0.15) is 14.6 Å². The number of anilines is 1. The predicted molar refractivity (Wildman–Crippen MR) is 102 cm³/mol. The minimum absolute atomic E-state index is 0.332. The SMILES string of the molecule is Cc1cc(N[C@@H](c2ccc3ccccc3c2)C(C)(C)O)n2ncnc2n1. The van der Waals surface area contributed by atoms with E-state index >= 15 is 0 Å². The minimum Gasteiger partial charge on any atom is -0.388 e. The fourth-order valence-electron chi connectivity index (χ4n) is 3.24.